The van der Waals surface area contributed by atoms with E-state index in [-0.39, 0.29) is 0 Å². The second-order valence-electron chi connectivity index (χ2n) is 4.01. The predicted molar refractivity (Wildman–Crippen MR) is 70.9 cm³/mol. The van der Waals surface area contributed by atoms with Gasteiger partial charge in [0.25, 0.3) is 0 Å². The van der Waals surface area contributed by atoms with Gasteiger partial charge in [-0.2, -0.15) is 0 Å². The van der Waals surface area contributed by atoms with E-state index in [9.17, 15) is 0 Å². The van der Waals surface area contributed by atoms with Crippen molar-refractivity contribution in [3.8, 4) is 0 Å². The highest BCUT2D eigenvalue weighted by Crippen LogP contribution is 2.30. The van der Waals surface area contributed by atoms with Crippen LogP contribution in [0.3, 0.4) is 0 Å². The van der Waals surface area contributed by atoms with Gasteiger partial charge in [0.1, 0.15) is 0 Å². The van der Waals surface area contributed by atoms with Gasteiger partial charge in [0.15, 0.2) is 5.82 Å². The molecule has 0 aliphatic rings. The van der Waals surface area contributed by atoms with Gasteiger partial charge in [-0.15, -0.1) is 0 Å². The van der Waals surface area contributed by atoms with Gasteiger partial charge in [-0.05, 0) is 12.1 Å². The largest absolute Gasteiger partial charge is 0.376 e. The fourth-order valence-corrected chi connectivity index (χ4v) is 1.71. The van der Waals surface area contributed by atoms with Crippen molar-refractivity contribution in [1.29, 1.82) is 0 Å². The molecule has 2 aromatic rings. The fourth-order valence-electron chi connectivity index (χ4n) is 1.71. The van der Waals surface area contributed by atoms with Crippen molar-refractivity contribution in [1.82, 2.24) is 9.97 Å². The van der Waals surface area contributed by atoms with Gasteiger partial charge < -0.3 is 9.80 Å². The lowest BCUT2D eigenvalue weighted by atomic mass is 10.2. The standard InChI is InChI=1S/C13H16N4/c1-16(2)11-6-4-5-7-12(11)17(3)13-10-14-8-9-15-13/h4-10H,1-3H3. The fraction of sp³-hybridized carbons (Fsp3) is 0.231. The third-order valence-corrected chi connectivity index (χ3v) is 2.62. The zero-order chi connectivity index (χ0) is 12.3. The highest BCUT2D eigenvalue weighted by molar-refractivity contribution is 5.75. The third-order valence-electron chi connectivity index (χ3n) is 2.62. The summed E-state index contributed by atoms with van der Waals surface area (Å²) >= 11 is 0. The molecule has 0 radical (unpaired) electrons. The molecule has 2 rings (SSSR count). The molecule has 1 aromatic carbocycles. The first-order valence-electron chi connectivity index (χ1n) is 5.46. The minimum atomic E-state index is 0.835. The summed E-state index contributed by atoms with van der Waals surface area (Å²) in [4.78, 5) is 12.5. The molecule has 0 aliphatic carbocycles. The van der Waals surface area contributed by atoms with Crippen LogP contribution in [0.2, 0.25) is 0 Å². The Labute approximate surface area is 102 Å². The van der Waals surface area contributed by atoms with Crippen molar-refractivity contribution < 1.29 is 0 Å². The molecule has 0 amide bonds. The molecule has 1 aromatic heterocycles. The third kappa shape index (κ3) is 2.36. The molecule has 0 fully saturated rings. The molecule has 4 heteroatoms. The second kappa shape index (κ2) is 4.82. The maximum Gasteiger partial charge on any atom is 0.151 e. The summed E-state index contributed by atoms with van der Waals surface area (Å²) in [7, 11) is 6.05. The average Bonchev–Trinajstić information content (AvgIpc) is 2.39. The first-order valence-corrected chi connectivity index (χ1v) is 5.46. The van der Waals surface area contributed by atoms with E-state index in [4.69, 9.17) is 0 Å². The predicted octanol–water partition coefficient (Wildman–Crippen LogP) is 2.31. The summed E-state index contributed by atoms with van der Waals surface area (Å²) in [6, 6.07) is 8.21. The highest BCUT2D eigenvalue weighted by atomic mass is 15.2. The van der Waals surface area contributed by atoms with E-state index < -0.39 is 0 Å². The molecule has 0 atom stereocenters. The van der Waals surface area contributed by atoms with E-state index >= 15 is 0 Å². The molecule has 1 heterocycles. The Morgan fingerprint density at radius 1 is 0.941 bits per heavy atom. The number of hydrogen-bond acceptors (Lipinski definition) is 4. The van der Waals surface area contributed by atoms with Crippen LogP contribution in [0.1, 0.15) is 0 Å². The van der Waals surface area contributed by atoms with Gasteiger partial charge in [-0.1, -0.05) is 12.1 Å². The number of benzene rings is 1. The molecule has 0 bridgehead atoms. The second-order valence-corrected chi connectivity index (χ2v) is 4.01. The van der Waals surface area contributed by atoms with Crippen molar-refractivity contribution in [2.75, 3.05) is 30.9 Å². The lowest BCUT2D eigenvalue weighted by molar-refractivity contribution is 1.06. The van der Waals surface area contributed by atoms with Crippen LogP contribution in [0.5, 0.6) is 0 Å². The van der Waals surface area contributed by atoms with Gasteiger partial charge in [-0.3, -0.25) is 4.98 Å². The van der Waals surface area contributed by atoms with Crippen molar-refractivity contribution >= 4 is 17.2 Å². The van der Waals surface area contributed by atoms with Gasteiger partial charge in [0, 0.05) is 33.5 Å². The van der Waals surface area contributed by atoms with E-state index in [1.807, 2.05) is 38.2 Å². The Bertz CT molecular complexity index is 482. The zero-order valence-electron chi connectivity index (χ0n) is 10.3. The number of para-hydroxylation sites is 2. The van der Waals surface area contributed by atoms with Crippen LogP contribution in [-0.4, -0.2) is 31.1 Å². The van der Waals surface area contributed by atoms with Crippen molar-refractivity contribution in [3.05, 3.63) is 42.9 Å². The minimum Gasteiger partial charge on any atom is -0.376 e. The SMILES string of the molecule is CN(C)c1ccccc1N(C)c1cnccn1. The Hall–Kier alpha value is -2.10. The number of nitrogens with zero attached hydrogens (tertiary/aromatic N) is 4. The summed E-state index contributed by atoms with van der Waals surface area (Å²) < 4.78 is 0. The van der Waals surface area contributed by atoms with Gasteiger partial charge >= 0.3 is 0 Å². The van der Waals surface area contributed by atoms with E-state index in [0.717, 1.165) is 17.2 Å². The number of anilines is 3. The van der Waals surface area contributed by atoms with Crippen LogP contribution in [0.25, 0.3) is 0 Å². The molecule has 17 heavy (non-hydrogen) atoms. The Balaban J connectivity index is 2.41. The van der Waals surface area contributed by atoms with Crippen molar-refractivity contribution in [2.45, 2.75) is 0 Å². The molecule has 88 valence electrons. The monoisotopic (exact) mass is 228 g/mol. The highest BCUT2D eigenvalue weighted by Gasteiger charge is 2.10. The topological polar surface area (TPSA) is 32.3 Å². The Kier molecular flexibility index (Phi) is 3.23. The summed E-state index contributed by atoms with van der Waals surface area (Å²) in [6.07, 6.45) is 5.13. The molecular weight excluding hydrogens is 212 g/mol. The van der Waals surface area contributed by atoms with Gasteiger partial charge in [-0.25, -0.2) is 4.98 Å². The maximum absolute atomic E-state index is 4.30. The smallest absolute Gasteiger partial charge is 0.151 e. The summed E-state index contributed by atoms with van der Waals surface area (Å²) in [6.45, 7) is 0. The normalized spacial score (nSPS) is 10.1. The Morgan fingerprint density at radius 2 is 1.65 bits per heavy atom. The van der Waals surface area contributed by atoms with Crippen LogP contribution in [0.15, 0.2) is 42.9 Å². The summed E-state index contributed by atoms with van der Waals surface area (Å²) in [5.74, 6) is 0.835. The molecule has 0 saturated heterocycles. The van der Waals surface area contributed by atoms with Gasteiger partial charge in [0.2, 0.25) is 0 Å². The number of aromatic nitrogens is 2. The van der Waals surface area contributed by atoms with Crippen LogP contribution in [0.4, 0.5) is 17.2 Å². The van der Waals surface area contributed by atoms with Crippen LogP contribution < -0.4 is 9.80 Å². The van der Waals surface area contributed by atoms with E-state index in [2.05, 4.69) is 27.0 Å². The summed E-state index contributed by atoms with van der Waals surface area (Å²) in [5, 5.41) is 0. The number of hydrogen-bond donors (Lipinski definition) is 0. The quantitative estimate of drug-likeness (QED) is 0.807. The van der Waals surface area contributed by atoms with E-state index in [1.165, 1.54) is 0 Å². The molecule has 0 saturated carbocycles. The minimum absolute atomic E-state index is 0.835. The molecule has 0 spiro atoms. The first-order chi connectivity index (χ1) is 8.20. The lowest BCUT2D eigenvalue weighted by Crippen LogP contribution is -2.17. The Morgan fingerprint density at radius 3 is 2.24 bits per heavy atom. The number of rotatable bonds is 3. The van der Waals surface area contributed by atoms with Gasteiger partial charge in [0.05, 0.1) is 17.6 Å². The molecule has 4 nitrogen and oxygen atoms in total. The van der Waals surface area contributed by atoms with Crippen LogP contribution in [0, 0.1) is 0 Å². The average molecular weight is 228 g/mol. The lowest BCUT2D eigenvalue weighted by Gasteiger charge is -2.24. The molecule has 0 N–H and O–H groups in total. The van der Waals surface area contributed by atoms with Crippen LogP contribution >= 0.6 is 0 Å². The first kappa shape index (κ1) is 11.4. The van der Waals surface area contributed by atoms with E-state index in [1.54, 1.807) is 18.6 Å². The molecule has 0 aliphatic heterocycles. The van der Waals surface area contributed by atoms with Crippen molar-refractivity contribution in [2.24, 2.45) is 0 Å². The summed E-state index contributed by atoms with van der Waals surface area (Å²) in [5.41, 5.74) is 2.26. The zero-order valence-corrected chi connectivity index (χ0v) is 10.3. The van der Waals surface area contributed by atoms with E-state index in [0.29, 0.717) is 0 Å². The van der Waals surface area contributed by atoms with Crippen molar-refractivity contribution in [3.63, 3.8) is 0 Å². The maximum atomic E-state index is 4.30. The molecule has 0 unspecified atom stereocenters. The van der Waals surface area contributed by atoms with Crippen LogP contribution in [-0.2, 0) is 0 Å². The molecular formula is C13H16N4.